The molecule has 1 fully saturated rings. The van der Waals surface area contributed by atoms with Crippen LogP contribution < -0.4 is 10.6 Å². The Kier molecular flexibility index (Phi) is 7.06. The van der Waals surface area contributed by atoms with Gasteiger partial charge < -0.3 is 19.9 Å². The summed E-state index contributed by atoms with van der Waals surface area (Å²) in [5, 5.41) is 14.2. The molecule has 1 aliphatic heterocycles. The van der Waals surface area contributed by atoms with Gasteiger partial charge in [0.15, 0.2) is 0 Å². The highest BCUT2D eigenvalue weighted by atomic mass is 16.5. The second kappa shape index (κ2) is 8.55. The monoisotopic (exact) mass is 303 g/mol. The molecule has 0 spiro atoms. The van der Waals surface area contributed by atoms with Crippen molar-refractivity contribution in [2.75, 3.05) is 40.5 Å². The van der Waals surface area contributed by atoms with E-state index >= 15 is 0 Å². The Labute approximate surface area is 122 Å². The lowest BCUT2D eigenvalue weighted by atomic mass is 10.2. The highest BCUT2D eigenvalue weighted by Crippen LogP contribution is 2.18. The van der Waals surface area contributed by atoms with Crippen molar-refractivity contribution < 1.29 is 29.0 Å². The highest BCUT2D eigenvalue weighted by molar-refractivity contribution is 5.95. The van der Waals surface area contributed by atoms with Crippen LogP contribution in [0.4, 0.5) is 4.79 Å². The largest absolute Gasteiger partial charge is 0.468 e. The number of aliphatic hydroxyl groups excluding tert-OH is 1. The first-order valence-corrected chi connectivity index (χ1v) is 6.54. The standard InChI is InChI=1S/C12H21N3O6/c1-20-4-3-13-12(19)14-10(17)7-15-6-8(16)5-9(15)11(18)21-2/h8-9,16H,3-7H2,1-2H3,(H2,13,14,17,19). The van der Waals surface area contributed by atoms with E-state index in [1.54, 1.807) is 0 Å². The molecule has 21 heavy (non-hydrogen) atoms. The minimum Gasteiger partial charge on any atom is -0.468 e. The molecule has 1 aliphatic rings. The first-order valence-electron chi connectivity index (χ1n) is 6.54. The Hall–Kier alpha value is -1.71. The van der Waals surface area contributed by atoms with Gasteiger partial charge in [0, 0.05) is 26.6 Å². The van der Waals surface area contributed by atoms with Gasteiger partial charge in [0.25, 0.3) is 0 Å². The molecule has 0 aromatic carbocycles. The molecule has 1 rings (SSSR count). The summed E-state index contributed by atoms with van der Waals surface area (Å²) in [6.45, 7) is 0.625. The van der Waals surface area contributed by atoms with E-state index in [1.165, 1.54) is 19.1 Å². The van der Waals surface area contributed by atoms with E-state index in [4.69, 9.17) is 4.74 Å². The average molecular weight is 303 g/mol. The second-order valence-corrected chi connectivity index (χ2v) is 4.65. The molecule has 3 amide bonds. The summed E-state index contributed by atoms with van der Waals surface area (Å²) >= 11 is 0. The number of imide groups is 1. The fourth-order valence-electron chi connectivity index (χ4n) is 2.10. The summed E-state index contributed by atoms with van der Waals surface area (Å²) < 4.78 is 9.38. The van der Waals surface area contributed by atoms with Crippen molar-refractivity contribution in [1.82, 2.24) is 15.5 Å². The lowest BCUT2D eigenvalue weighted by Gasteiger charge is -2.21. The number of nitrogens with zero attached hydrogens (tertiary/aromatic N) is 1. The van der Waals surface area contributed by atoms with E-state index in [0.29, 0.717) is 6.61 Å². The maximum absolute atomic E-state index is 11.7. The normalized spacial score (nSPS) is 21.9. The Morgan fingerprint density at radius 2 is 2.05 bits per heavy atom. The van der Waals surface area contributed by atoms with Gasteiger partial charge in [-0.05, 0) is 0 Å². The number of aliphatic hydroxyl groups is 1. The third kappa shape index (κ3) is 5.66. The summed E-state index contributed by atoms with van der Waals surface area (Å²) in [5.74, 6) is -1.07. The van der Waals surface area contributed by atoms with Gasteiger partial charge in [0.05, 0.1) is 26.4 Å². The van der Waals surface area contributed by atoms with E-state index in [1.807, 2.05) is 0 Å². The van der Waals surface area contributed by atoms with Gasteiger partial charge in [0.2, 0.25) is 5.91 Å². The van der Waals surface area contributed by atoms with E-state index in [0.717, 1.165) is 0 Å². The van der Waals surface area contributed by atoms with Crippen LogP contribution in [0.25, 0.3) is 0 Å². The molecule has 9 heteroatoms. The Bertz CT molecular complexity index is 389. The molecule has 0 aliphatic carbocycles. The first kappa shape index (κ1) is 17.3. The molecule has 120 valence electrons. The molecule has 1 saturated heterocycles. The van der Waals surface area contributed by atoms with Crippen molar-refractivity contribution in [2.45, 2.75) is 18.6 Å². The summed E-state index contributed by atoms with van der Waals surface area (Å²) in [4.78, 5) is 36.1. The van der Waals surface area contributed by atoms with Crippen LogP contribution in [0, 0.1) is 0 Å². The molecule has 0 radical (unpaired) electrons. The topological polar surface area (TPSA) is 117 Å². The predicted octanol–water partition coefficient (Wildman–Crippen LogP) is -1.93. The van der Waals surface area contributed by atoms with E-state index in [-0.39, 0.29) is 26.1 Å². The third-order valence-corrected chi connectivity index (χ3v) is 3.05. The zero-order valence-electron chi connectivity index (χ0n) is 12.1. The van der Waals surface area contributed by atoms with Crippen molar-refractivity contribution >= 4 is 17.9 Å². The second-order valence-electron chi connectivity index (χ2n) is 4.65. The van der Waals surface area contributed by atoms with Crippen LogP contribution in [-0.2, 0) is 19.1 Å². The lowest BCUT2D eigenvalue weighted by molar-refractivity contribution is -0.146. The first-order chi connectivity index (χ1) is 9.97. The van der Waals surface area contributed by atoms with Crippen molar-refractivity contribution in [3.63, 3.8) is 0 Å². The van der Waals surface area contributed by atoms with Crippen LogP contribution in [0.1, 0.15) is 6.42 Å². The van der Waals surface area contributed by atoms with Gasteiger partial charge in [-0.2, -0.15) is 0 Å². The van der Waals surface area contributed by atoms with Gasteiger partial charge in [0.1, 0.15) is 6.04 Å². The minimum absolute atomic E-state index is 0.172. The van der Waals surface area contributed by atoms with Crippen LogP contribution in [0.5, 0.6) is 0 Å². The number of amides is 3. The van der Waals surface area contributed by atoms with E-state index < -0.39 is 30.1 Å². The molecule has 1 heterocycles. The van der Waals surface area contributed by atoms with Gasteiger partial charge in [-0.3, -0.25) is 19.8 Å². The minimum atomic E-state index is -0.697. The number of rotatable bonds is 6. The van der Waals surface area contributed by atoms with E-state index in [9.17, 15) is 19.5 Å². The highest BCUT2D eigenvalue weighted by Gasteiger charge is 2.37. The smallest absolute Gasteiger partial charge is 0.323 e. The van der Waals surface area contributed by atoms with Gasteiger partial charge in [-0.25, -0.2) is 4.79 Å². The van der Waals surface area contributed by atoms with Crippen molar-refractivity contribution in [3.05, 3.63) is 0 Å². The number of ether oxygens (including phenoxy) is 2. The summed E-state index contributed by atoms with van der Waals surface area (Å²) in [5.41, 5.74) is 0. The van der Waals surface area contributed by atoms with Crippen LogP contribution in [0.2, 0.25) is 0 Å². The predicted molar refractivity (Wildman–Crippen MR) is 71.4 cm³/mol. The van der Waals surface area contributed by atoms with Crippen molar-refractivity contribution in [1.29, 1.82) is 0 Å². The van der Waals surface area contributed by atoms with Crippen LogP contribution in [-0.4, -0.2) is 80.5 Å². The average Bonchev–Trinajstić information content (AvgIpc) is 2.78. The number of likely N-dealkylation sites (tertiary alicyclic amines) is 1. The molecule has 9 nitrogen and oxygen atoms in total. The molecule has 2 atom stereocenters. The molecular formula is C12H21N3O6. The Morgan fingerprint density at radius 1 is 1.33 bits per heavy atom. The molecule has 3 N–H and O–H groups in total. The summed E-state index contributed by atoms with van der Waals surface area (Å²) in [7, 11) is 2.74. The number of β-amino-alcohol motifs (C(OH)–C–C–N with tert-alkyl or cyclic N) is 1. The number of nitrogens with one attached hydrogen (secondary N) is 2. The third-order valence-electron chi connectivity index (χ3n) is 3.05. The van der Waals surface area contributed by atoms with Crippen LogP contribution in [0.3, 0.4) is 0 Å². The molecule has 0 saturated carbocycles. The van der Waals surface area contributed by atoms with Crippen LogP contribution in [0.15, 0.2) is 0 Å². The number of methoxy groups -OCH3 is 2. The molecule has 0 aromatic rings. The Balaban J connectivity index is 2.42. The zero-order chi connectivity index (χ0) is 15.8. The molecular weight excluding hydrogens is 282 g/mol. The fraction of sp³-hybridized carbons (Fsp3) is 0.750. The maximum atomic E-state index is 11.7. The maximum Gasteiger partial charge on any atom is 0.323 e. The summed E-state index contributed by atoms with van der Waals surface area (Å²) in [6.07, 6.45) is -0.489. The zero-order valence-corrected chi connectivity index (χ0v) is 12.1. The quantitative estimate of drug-likeness (QED) is 0.386. The molecule has 0 bridgehead atoms. The van der Waals surface area contributed by atoms with Crippen LogP contribution >= 0.6 is 0 Å². The Morgan fingerprint density at radius 3 is 2.67 bits per heavy atom. The van der Waals surface area contributed by atoms with E-state index in [2.05, 4.69) is 15.4 Å². The number of carbonyl (C=O) groups excluding carboxylic acids is 3. The SMILES string of the molecule is COCCNC(=O)NC(=O)CN1CC(O)CC1C(=O)OC. The molecule has 2 unspecified atom stereocenters. The van der Waals surface area contributed by atoms with Crippen molar-refractivity contribution in [2.24, 2.45) is 0 Å². The number of hydrogen-bond acceptors (Lipinski definition) is 7. The summed E-state index contributed by atoms with van der Waals surface area (Å²) in [6, 6.07) is -1.31. The number of esters is 1. The van der Waals surface area contributed by atoms with Gasteiger partial charge in [-0.15, -0.1) is 0 Å². The van der Waals surface area contributed by atoms with Crippen molar-refractivity contribution in [3.8, 4) is 0 Å². The van der Waals surface area contributed by atoms with Gasteiger partial charge in [-0.1, -0.05) is 0 Å². The lowest BCUT2D eigenvalue weighted by Crippen LogP contribution is -2.47. The number of urea groups is 1. The molecule has 0 aromatic heterocycles. The number of hydrogen-bond donors (Lipinski definition) is 3. The number of carbonyl (C=O) groups is 3. The van der Waals surface area contributed by atoms with Gasteiger partial charge >= 0.3 is 12.0 Å². The fourth-order valence-corrected chi connectivity index (χ4v) is 2.10.